The number of halogens is 2. The Kier molecular flexibility index (Phi) is 6.36. The van der Waals surface area contributed by atoms with Gasteiger partial charge >= 0.3 is 0 Å². The predicted molar refractivity (Wildman–Crippen MR) is 84.4 cm³/mol. The molecule has 126 valence electrons. The molecule has 23 heavy (non-hydrogen) atoms. The van der Waals surface area contributed by atoms with E-state index < -0.39 is 5.82 Å². The molecule has 0 spiro atoms. The Morgan fingerprint density at radius 3 is 2.96 bits per heavy atom. The molecule has 5 nitrogen and oxygen atoms in total. The van der Waals surface area contributed by atoms with Crippen LogP contribution in [0.3, 0.4) is 0 Å². The van der Waals surface area contributed by atoms with E-state index in [2.05, 4.69) is 5.32 Å². The minimum absolute atomic E-state index is 0.0273. The van der Waals surface area contributed by atoms with E-state index in [0.29, 0.717) is 18.7 Å². The third kappa shape index (κ3) is 4.91. The third-order valence-corrected chi connectivity index (χ3v) is 4.23. The van der Waals surface area contributed by atoms with Crippen LogP contribution in [-0.4, -0.2) is 43.5 Å². The summed E-state index contributed by atoms with van der Waals surface area (Å²) in [6, 6.07) is 4.07. The number of ether oxygens (including phenoxy) is 1. The van der Waals surface area contributed by atoms with Crippen molar-refractivity contribution in [2.45, 2.75) is 19.4 Å². The lowest BCUT2D eigenvalue weighted by atomic mass is 9.97. The van der Waals surface area contributed by atoms with Crippen molar-refractivity contribution in [2.75, 3.05) is 26.8 Å². The van der Waals surface area contributed by atoms with Gasteiger partial charge in [0.05, 0.1) is 5.92 Å². The predicted octanol–water partition coefficient (Wildman–Crippen LogP) is 1.98. The number of hydrogen-bond donors (Lipinski definition) is 1. The molecule has 1 aromatic carbocycles. The van der Waals surface area contributed by atoms with Crippen LogP contribution in [0, 0.1) is 11.7 Å². The lowest BCUT2D eigenvalue weighted by Gasteiger charge is -2.32. The summed E-state index contributed by atoms with van der Waals surface area (Å²) >= 11 is 5.94. The summed E-state index contributed by atoms with van der Waals surface area (Å²) in [5.74, 6) is -0.889. The Morgan fingerprint density at radius 2 is 2.26 bits per heavy atom. The summed E-state index contributed by atoms with van der Waals surface area (Å²) in [5.41, 5.74) is 0.657. The van der Waals surface area contributed by atoms with Gasteiger partial charge in [0.2, 0.25) is 11.8 Å². The number of hydrogen-bond acceptors (Lipinski definition) is 3. The molecule has 1 fully saturated rings. The average Bonchev–Trinajstić information content (AvgIpc) is 2.54. The highest BCUT2D eigenvalue weighted by Crippen LogP contribution is 2.19. The lowest BCUT2D eigenvalue weighted by molar-refractivity contribution is -0.139. The summed E-state index contributed by atoms with van der Waals surface area (Å²) < 4.78 is 17.8. The summed E-state index contributed by atoms with van der Waals surface area (Å²) in [6.45, 7) is 1.31. The van der Waals surface area contributed by atoms with E-state index in [9.17, 15) is 14.0 Å². The second kappa shape index (κ2) is 8.26. The number of benzene rings is 1. The molecular formula is C16H20ClFN2O3. The van der Waals surface area contributed by atoms with Crippen LogP contribution < -0.4 is 5.32 Å². The Hall–Kier alpha value is -1.66. The maximum absolute atomic E-state index is 13.0. The first-order valence-corrected chi connectivity index (χ1v) is 7.87. The molecule has 1 aliphatic heterocycles. The van der Waals surface area contributed by atoms with Gasteiger partial charge in [-0.15, -0.1) is 0 Å². The van der Waals surface area contributed by atoms with Crippen LogP contribution in [-0.2, 0) is 20.9 Å². The molecule has 0 bridgehead atoms. The third-order valence-electron chi connectivity index (χ3n) is 3.88. The van der Waals surface area contributed by atoms with Crippen LogP contribution in [0.25, 0.3) is 0 Å². The zero-order chi connectivity index (χ0) is 16.8. The smallest absolute Gasteiger partial charge is 0.248 e. The zero-order valence-electron chi connectivity index (χ0n) is 13.0. The van der Waals surface area contributed by atoms with E-state index in [1.54, 1.807) is 11.0 Å². The quantitative estimate of drug-likeness (QED) is 0.890. The van der Waals surface area contributed by atoms with E-state index in [-0.39, 0.29) is 35.9 Å². The second-order valence-electron chi connectivity index (χ2n) is 5.57. The summed E-state index contributed by atoms with van der Waals surface area (Å²) in [6.07, 6.45) is 1.52. The second-order valence-corrected chi connectivity index (χ2v) is 5.97. The number of carbonyl (C=O) groups is 2. The van der Waals surface area contributed by atoms with Crippen LogP contribution >= 0.6 is 11.6 Å². The molecule has 7 heteroatoms. The molecule has 1 heterocycles. The minimum Gasteiger partial charge on any atom is -0.375 e. The van der Waals surface area contributed by atoms with Crippen molar-refractivity contribution in [1.29, 1.82) is 0 Å². The van der Waals surface area contributed by atoms with Gasteiger partial charge in [0.25, 0.3) is 0 Å². The van der Waals surface area contributed by atoms with Gasteiger partial charge in [-0.2, -0.15) is 0 Å². The first kappa shape index (κ1) is 17.7. The van der Waals surface area contributed by atoms with Crippen LogP contribution in [0.1, 0.15) is 18.4 Å². The number of carbonyl (C=O) groups excluding carboxylic acids is 2. The van der Waals surface area contributed by atoms with Gasteiger partial charge in [0.15, 0.2) is 0 Å². The molecule has 0 unspecified atom stereocenters. The van der Waals surface area contributed by atoms with E-state index in [1.165, 1.54) is 19.2 Å². The van der Waals surface area contributed by atoms with Gasteiger partial charge < -0.3 is 15.0 Å². The normalized spacial score (nSPS) is 17.9. The van der Waals surface area contributed by atoms with Gasteiger partial charge in [-0.25, -0.2) is 4.39 Å². The van der Waals surface area contributed by atoms with Gasteiger partial charge in [-0.1, -0.05) is 17.7 Å². The molecule has 1 saturated heterocycles. The highest BCUT2D eigenvalue weighted by Gasteiger charge is 2.28. The fraction of sp³-hybridized carbons (Fsp3) is 0.500. The summed E-state index contributed by atoms with van der Waals surface area (Å²) in [5, 5.41) is 3.09. The number of methoxy groups -OCH3 is 1. The molecule has 1 aromatic rings. The van der Waals surface area contributed by atoms with Gasteiger partial charge in [0.1, 0.15) is 12.4 Å². The summed E-state index contributed by atoms with van der Waals surface area (Å²) in [7, 11) is 1.47. The van der Waals surface area contributed by atoms with Crippen molar-refractivity contribution in [1.82, 2.24) is 10.2 Å². The number of amides is 2. The monoisotopic (exact) mass is 342 g/mol. The topological polar surface area (TPSA) is 58.6 Å². The molecule has 2 amide bonds. The van der Waals surface area contributed by atoms with E-state index in [1.807, 2.05) is 0 Å². The molecular weight excluding hydrogens is 323 g/mol. The fourth-order valence-corrected chi connectivity index (χ4v) is 2.86. The van der Waals surface area contributed by atoms with Crippen molar-refractivity contribution in [2.24, 2.45) is 5.92 Å². The maximum atomic E-state index is 13.0. The first-order chi connectivity index (χ1) is 11.0. The molecule has 0 aliphatic carbocycles. The number of piperidine rings is 1. The number of rotatable bonds is 5. The van der Waals surface area contributed by atoms with Crippen molar-refractivity contribution >= 4 is 23.4 Å². The SMILES string of the molecule is COCC(=O)N1CCC[C@@H](C(=O)NCc2ccc(F)cc2Cl)C1. The standard InChI is InChI=1S/C16H20ClFN2O3/c1-23-10-15(21)20-6-2-3-12(9-20)16(22)19-8-11-4-5-13(18)7-14(11)17/h4-5,7,12H,2-3,6,8-10H2,1H3,(H,19,22)/t12-/m1/s1. The van der Waals surface area contributed by atoms with Crippen molar-refractivity contribution in [3.8, 4) is 0 Å². The molecule has 2 rings (SSSR count). The van der Waals surface area contributed by atoms with E-state index in [0.717, 1.165) is 12.8 Å². The van der Waals surface area contributed by atoms with Crippen molar-refractivity contribution in [3.05, 3.63) is 34.6 Å². The minimum atomic E-state index is -0.412. The molecule has 0 saturated carbocycles. The maximum Gasteiger partial charge on any atom is 0.248 e. The first-order valence-electron chi connectivity index (χ1n) is 7.49. The number of likely N-dealkylation sites (tertiary alicyclic amines) is 1. The Bertz CT molecular complexity index is 582. The van der Waals surface area contributed by atoms with E-state index in [4.69, 9.17) is 16.3 Å². The molecule has 1 aliphatic rings. The van der Waals surface area contributed by atoms with E-state index >= 15 is 0 Å². The van der Waals surface area contributed by atoms with Gasteiger partial charge in [-0.05, 0) is 30.5 Å². The molecule has 1 N–H and O–H groups in total. The highest BCUT2D eigenvalue weighted by molar-refractivity contribution is 6.31. The van der Waals surface area contributed by atoms with Crippen LogP contribution in [0.4, 0.5) is 4.39 Å². The zero-order valence-corrected chi connectivity index (χ0v) is 13.7. The van der Waals surface area contributed by atoms with Crippen molar-refractivity contribution in [3.63, 3.8) is 0 Å². The van der Waals surface area contributed by atoms with Gasteiger partial charge in [0, 0.05) is 31.8 Å². The van der Waals surface area contributed by atoms with Crippen molar-refractivity contribution < 1.29 is 18.7 Å². The number of nitrogens with one attached hydrogen (secondary N) is 1. The Balaban J connectivity index is 1.88. The average molecular weight is 343 g/mol. The fourth-order valence-electron chi connectivity index (χ4n) is 2.62. The summed E-state index contributed by atoms with van der Waals surface area (Å²) in [4.78, 5) is 25.8. The largest absolute Gasteiger partial charge is 0.375 e. The molecule has 0 radical (unpaired) electrons. The van der Waals surface area contributed by atoms with Crippen LogP contribution in [0.15, 0.2) is 18.2 Å². The lowest BCUT2D eigenvalue weighted by Crippen LogP contribution is -2.46. The highest BCUT2D eigenvalue weighted by atomic mass is 35.5. The molecule has 0 aromatic heterocycles. The molecule has 1 atom stereocenters. The van der Waals surface area contributed by atoms with Gasteiger partial charge in [-0.3, -0.25) is 9.59 Å². The Labute approximate surface area is 139 Å². The number of nitrogens with zero attached hydrogens (tertiary/aromatic N) is 1. The van der Waals surface area contributed by atoms with Crippen LogP contribution in [0.2, 0.25) is 5.02 Å². The Morgan fingerprint density at radius 1 is 1.48 bits per heavy atom. The van der Waals surface area contributed by atoms with Crippen LogP contribution in [0.5, 0.6) is 0 Å².